The zero-order chi connectivity index (χ0) is 39.8. The van der Waals surface area contributed by atoms with Crippen LogP contribution in [0.25, 0.3) is 11.1 Å². The number of carbonyl (C=O) groups excluding carboxylic acids is 6. The first kappa shape index (κ1) is 43.7. The molecule has 2 aromatic carbocycles. The number of aliphatic hydroxyl groups excluding tert-OH is 1. The van der Waals surface area contributed by atoms with Crippen molar-refractivity contribution in [3.05, 3.63) is 59.7 Å². The second kappa shape index (κ2) is 21.9. The second-order valence-corrected chi connectivity index (χ2v) is 13.7. The summed E-state index contributed by atoms with van der Waals surface area (Å²) in [5, 5.41) is 23.3. The number of amides is 5. The molecule has 1 saturated heterocycles. The van der Waals surface area contributed by atoms with Gasteiger partial charge in [0.2, 0.25) is 23.6 Å². The zero-order valence-corrected chi connectivity index (χ0v) is 31.7. The van der Waals surface area contributed by atoms with Crippen molar-refractivity contribution in [1.82, 2.24) is 26.6 Å². The quantitative estimate of drug-likeness (QED) is 0.0580. The van der Waals surface area contributed by atoms with E-state index in [4.69, 9.17) is 16.2 Å². The van der Waals surface area contributed by atoms with Gasteiger partial charge in [-0.25, -0.2) is 0 Å². The smallest absolute Gasteiger partial charge is 0.251 e. The number of hydrogen-bond donors (Lipinski definition) is 8. The number of benzene rings is 2. The van der Waals surface area contributed by atoms with Crippen molar-refractivity contribution in [2.45, 2.75) is 115 Å². The van der Waals surface area contributed by atoms with Gasteiger partial charge >= 0.3 is 0 Å². The first-order valence-corrected chi connectivity index (χ1v) is 18.7. The van der Waals surface area contributed by atoms with Crippen molar-refractivity contribution in [2.75, 3.05) is 19.7 Å². The average molecular weight is 752 g/mol. The third-order valence-electron chi connectivity index (χ3n) is 9.16. The number of nitrogens with two attached hydrogens (primary N) is 2. The Hall–Kier alpha value is -4.70. The Morgan fingerprint density at radius 1 is 0.704 bits per heavy atom. The lowest BCUT2D eigenvalue weighted by atomic mass is 10.0. The largest absolute Gasteiger partial charge is 0.391 e. The number of aryl methyl sites for hydroxylation is 1. The average Bonchev–Trinajstić information content (AvgIpc) is 4.01. The van der Waals surface area contributed by atoms with Gasteiger partial charge < -0.3 is 47.9 Å². The maximum Gasteiger partial charge on any atom is 0.251 e. The van der Waals surface area contributed by atoms with E-state index in [1.165, 1.54) is 26.3 Å². The highest BCUT2D eigenvalue weighted by atomic mass is 16.6. The summed E-state index contributed by atoms with van der Waals surface area (Å²) in [5.74, 6) is -3.73. The van der Waals surface area contributed by atoms with Gasteiger partial charge in [-0.05, 0) is 101 Å². The highest BCUT2D eigenvalue weighted by Gasteiger charge is 2.36. The van der Waals surface area contributed by atoms with E-state index in [0.29, 0.717) is 31.6 Å². The lowest BCUT2D eigenvalue weighted by molar-refractivity contribution is -0.135. The van der Waals surface area contributed by atoms with Gasteiger partial charge in [-0.1, -0.05) is 49.7 Å². The fraction of sp³-hybridized carbons (Fsp3) is 0.538. The molecule has 0 spiro atoms. The minimum Gasteiger partial charge on any atom is -0.391 e. The minimum atomic E-state index is -1.50. The van der Waals surface area contributed by atoms with Crippen LogP contribution in [0.5, 0.6) is 0 Å². The highest BCUT2D eigenvalue weighted by molar-refractivity contribution is 5.99. The van der Waals surface area contributed by atoms with E-state index >= 15 is 0 Å². The standard InChI is InChI=1S/C39H57N7O8/c1-5-6-9-26-11-13-27(14-12-26)28-15-17-29(18-16-28)36(50)45-31(19-21-41)38(52)46-33(25(4)47)39(53)43-24(3)35(49)44-30(10-7-8-20-40)37(51)42-23(2)34(48)32-22-54-32/h11-18,23-25,30-33,47H,5-10,19-22,40-41H2,1-4H3,(H,42,51)(H,43,53)(H,44,49)(H,45,50)(H,46,52). The van der Waals surface area contributed by atoms with E-state index in [9.17, 15) is 33.9 Å². The van der Waals surface area contributed by atoms with E-state index < -0.39 is 72.0 Å². The molecule has 54 heavy (non-hydrogen) atoms. The molecule has 0 aliphatic carbocycles. The van der Waals surface area contributed by atoms with Crippen molar-refractivity contribution in [2.24, 2.45) is 11.5 Å². The predicted octanol–water partition coefficient (Wildman–Crippen LogP) is 0.600. The Morgan fingerprint density at radius 3 is 1.83 bits per heavy atom. The Balaban J connectivity index is 1.60. The number of carbonyl (C=O) groups is 6. The third kappa shape index (κ3) is 13.6. The summed E-state index contributed by atoms with van der Waals surface area (Å²) in [7, 11) is 0. The number of hydrogen-bond acceptors (Lipinski definition) is 10. The minimum absolute atomic E-state index is 0.0373. The molecule has 15 heteroatoms. The molecular weight excluding hydrogens is 694 g/mol. The Bertz CT molecular complexity index is 1560. The molecular formula is C39H57N7O8. The lowest BCUT2D eigenvalue weighted by Crippen LogP contribution is -2.60. The fourth-order valence-corrected chi connectivity index (χ4v) is 5.70. The van der Waals surface area contributed by atoms with Gasteiger partial charge in [0.25, 0.3) is 5.91 Å². The van der Waals surface area contributed by atoms with Crippen LogP contribution in [-0.2, 0) is 35.1 Å². The van der Waals surface area contributed by atoms with Gasteiger partial charge in [0.1, 0.15) is 30.3 Å². The molecule has 0 saturated carbocycles. The number of epoxide rings is 1. The topological polar surface area (TPSA) is 247 Å². The van der Waals surface area contributed by atoms with Crippen LogP contribution in [0.3, 0.4) is 0 Å². The predicted molar refractivity (Wildman–Crippen MR) is 204 cm³/mol. The van der Waals surface area contributed by atoms with Gasteiger partial charge in [-0.3, -0.25) is 28.8 Å². The van der Waals surface area contributed by atoms with E-state index in [2.05, 4.69) is 45.6 Å². The molecule has 296 valence electrons. The van der Waals surface area contributed by atoms with Crippen LogP contribution >= 0.6 is 0 Å². The summed E-state index contributed by atoms with van der Waals surface area (Å²) >= 11 is 0. The van der Waals surface area contributed by atoms with Crippen LogP contribution in [0.2, 0.25) is 0 Å². The van der Waals surface area contributed by atoms with E-state index in [1.54, 1.807) is 12.1 Å². The van der Waals surface area contributed by atoms with Crippen molar-refractivity contribution >= 4 is 35.3 Å². The fourth-order valence-electron chi connectivity index (χ4n) is 5.70. The van der Waals surface area contributed by atoms with Gasteiger partial charge in [-0.15, -0.1) is 0 Å². The number of aliphatic hydroxyl groups is 1. The van der Waals surface area contributed by atoms with Crippen molar-refractivity contribution in [3.63, 3.8) is 0 Å². The molecule has 0 radical (unpaired) electrons. The summed E-state index contributed by atoms with van der Waals surface area (Å²) in [4.78, 5) is 78.3. The van der Waals surface area contributed by atoms with Crippen LogP contribution < -0.4 is 38.1 Å². The summed E-state index contributed by atoms with van der Waals surface area (Å²) in [6, 6.07) is 9.54. The van der Waals surface area contributed by atoms with E-state index in [1.807, 2.05) is 24.3 Å². The number of nitrogens with one attached hydrogen (secondary N) is 5. The van der Waals surface area contributed by atoms with Gasteiger partial charge in [-0.2, -0.15) is 0 Å². The molecule has 5 amide bonds. The molecule has 10 N–H and O–H groups in total. The molecule has 1 fully saturated rings. The molecule has 3 rings (SSSR count). The lowest BCUT2D eigenvalue weighted by Gasteiger charge is -2.26. The molecule has 0 aromatic heterocycles. The Labute approximate surface area is 317 Å². The maximum absolute atomic E-state index is 13.4. The first-order chi connectivity index (χ1) is 25.8. The van der Waals surface area contributed by atoms with Crippen molar-refractivity contribution in [1.29, 1.82) is 0 Å². The molecule has 1 heterocycles. The van der Waals surface area contributed by atoms with Crippen LogP contribution in [0, 0.1) is 0 Å². The number of ether oxygens (including phenoxy) is 1. The van der Waals surface area contributed by atoms with Crippen LogP contribution in [-0.4, -0.2) is 103 Å². The summed E-state index contributed by atoms with van der Waals surface area (Å²) in [6.07, 6.45) is 2.71. The van der Waals surface area contributed by atoms with Crippen LogP contribution in [0.15, 0.2) is 48.5 Å². The molecule has 1 aliphatic heterocycles. The zero-order valence-electron chi connectivity index (χ0n) is 31.7. The summed E-state index contributed by atoms with van der Waals surface area (Å²) < 4.78 is 5.00. The van der Waals surface area contributed by atoms with Crippen LogP contribution in [0.1, 0.15) is 82.1 Å². The number of unbranched alkanes of at least 4 members (excludes halogenated alkanes) is 2. The molecule has 7 unspecified atom stereocenters. The normalized spacial score (nSPS) is 16.8. The van der Waals surface area contributed by atoms with Crippen molar-refractivity contribution < 1.29 is 38.6 Å². The van der Waals surface area contributed by atoms with Gasteiger partial charge in [0.05, 0.1) is 18.8 Å². The highest BCUT2D eigenvalue weighted by Crippen LogP contribution is 2.21. The van der Waals surface area contributed by atoms with Gasteiger partial charge in [0.15, 0.2) is 5.78 Å². The number of rotatable bonds is 23. The Kier molecular flexibility index (Phi) is 17.7. The summed E-state index contributed by atoms with van der Waals surface area (Å²) in [6.45, 7) is 7.08. The molecule has 0 bridgehead atoms. The van der Waals surface area contributed by atoms with Gasteiger partial charge in [0, 0.05) is 5.56 Å². The number of Topliss-reactive ketones (excluding diaryl/α,β-unsaturated/α-hetero) is 1. The third-order valence-corrected chi connectivity index (χ3v) is 9.16. The molecule has 1 aliphatic rings. The molecule has 15 nitrogen and oxygen atoms in total. The molecule has 7 atom stereocenters. The maximum atomic E-state index is 13.4. The van der Waals surface area contributed by atoms with Crippen LogP contribution in [0.4, 0.5) is 0 Å². The summed E-state index contributed by atoms with van der Waals surface area (Å²) in [5.41, 5.74) is 14.8. The monoisotopic (exact) mass is 751 g/mol. The first-order valence-electron chi connectivity index (χ1n) is 18.7. The molecule has 2 aromatic rings. The van der Waals surface area contributed by atoms with E-state index in [-0.39, 0.29) is 25.2 Å². The van der Waals surface area contributed by atoms with Crippen molar-refractivity contribution in [3.8, 4) is 11.1 Å². The Morgan fingerprint density at radius 2 is 1.28 bits per heavy atom. The van der Waals surface area contributed by atoms with E-state index in [0.717, 1.165) is 30.4 Å². The number of ketones is 1. The SMILES string of the molecule is CCCCc1ccc(-c2ccc(C(=O)NC(CCN)C(=O)NC(C(=O)NC(C)C(=O)NC(CCCCN)C(=O)NC(C)C(=O)C3CO3)C(C)O)cc2)cc1. The second-order valence-electron chi connectivity index (χ2n) is 13.7.